The van der Waals surface area contributed by atoms with E-state index in [1.807, 2.05) is 0 Å². The third kappa shape index (κ3) is 3.28. The standard InChI is InChI=1S/C20H14ClF3N2O3/c1-26(20(28)9-2-3-12(21)13(22)4-9)17-8-29-7-16-18(17)10-5-14(23)15(24)6-11(10)19(27)25-16/h2-6,17H,7-8H2,1H3,(H,25,27). The van der Waals surface area contributed by atoms with Gasteiger partial charge in [-0.15, -0.1) is 0 Å². The number of nitrogens with zero attached hydrogens (tertiary/aromatic N) is 1. The summed E-state index contributed by atoms with van der Waals surface area (Å²) in [5.41, 5.74) is 0.296. The first-order valence-electron chi connectivity index (χ1n) is 8.61. The van der Waals surface area contributed by atoms with Crippen LogP contribution in [0.1, 0.15) is 27.7 Å². The van der Waals surface area contributed by atoms with E-state index in [2.05, 4.69) is 4.98 Å². The summed E-state index contributed by atoms with van der Waals surface area (Å²) in [6, 6.07) is 4.73. The van der Waals surface area contributed by atoms with Gasteiger partial charge in [-0.3, -0.25) is 9.59 Å². The second-order valence-corrected chi connectivity index (χ2v) is 7.14. The third-order valence-electron chi connectivity index (χ3n) is 4.99. The van der Waals surface area contributed by atoms with Gasteiger partial charge in [0.2, 0.25) is 0 Å². The predicted molar refractivity (Wildman–Crippen MR) is 100 cm³/mol. The Balaban J connectivity index is 1.84. The molecule has 1 amide bonds. The molecule has 0 bridgehead atoms. The minimum atomic E-state index is -1.15. The van der Waals surface area contributed by atoms with Gasteiger partial charge >= 0.3 is 0 Å². The molecule has 1 aliphatic heterocycles. The molecule has 0 saturated heterocycles. The fourth-order valence-electron chi connectivity index (χ4n) is 3.52. The molecular weight excluding hydrogens is 409 g/mol. The normalized spacial score (nSPS) is 16.0. The first kappa shape index (κ1) is 19.5. The number of halogens is 4. The number of ether oxygens (including phenoxy) is 1. The maximum atomic E-state index is 13.9. The Labute approximate surface area is 167 Å². The zero-order valence-electron chi connectivity index (χ0n) is 15.1. The summed E-state index contributed by atoms with van der Waals surface area (Å²) in [5, 5.41) is 0.0439. The number of carbonyl (C=O) groups excluding carboxylic acids is 1. The Morgan fingerprint density at radius 1 is 1.14 bits per heavy atom. The Morgan fingerprint density at radius 2 is 1.83 bits per heavy atom. The number of hydrogen-bond donors (Lipinski definition) is 1. The lowest BCUT2D eigenvalue weighted by atomic mass is 9.95. The van der Waals surface area contributed by atoms with Crippen LogP contribution in [0.2, 0.25) is 5.02 Å². The maximum absolute atomic E-state index is 13.9. The molecule has 0 spiro atoms. The maximum Gasteiger partial charge on any atom is 0.256 e. The van der Waals surface area contributed by atoms with Crippen molar-refractivity contribution in [2.75, 3.05) is 13.7 Å². The van der Waals surface area contributed by atoms with Gasteiger partial charge in [0.05, 0.1) is 29.7 Å². The number of aromatic amines is 1. The summed E-state index contributed by atoms with van der Waals surface area (Å²) in [6.45, 7) is 0.110. The van der Waals surface area contributed by atoms with E-state index in [4.69, 9.17) is 16.3 Å². The van der Waals surface area contributed by atoms with Crippen molar-refractivity contribution in [1.29, 1.82) is 0 Å². The molecule has 0 saturated carbocycles. The molecule has 3 aromatic rings. The largest absolute Gasteiger partial charge is 0.373 e. The number of aromatic nitrogens is 1. The Hall–Kier alpha value is -2.84. The SMILES string of the molecule is CN(C(=O)c1ccc(Cl)c(F)c1)C1COCc2[nH]c(=O)c3cc(F)c(F)cc3c21. The van der Waals surface area contributed by atoms with E-state index >= 15 is 0 Å². The van der Waals surface area contributed by atoms with E-state index in [1.165, 1.54) is 24.1 Å². The number of likely N-dealkylation sites (N-methyl/N-ethyl adjacent to an activating group) is 1. The van der Waals surface area contributed by atoms with Crippen molar-refractivity contribution in [3.8, 4) is 0 Å². The smallest absolute Gasteiger partial charge is 0.256 e. The quantitative estimate of drug-likeness (QED) is 0.680. The van der Waals surface area contributed by atoms with Crippen LogP contribution < -0.4 is 5.56 Å². The topological polar surface area (TPSA) is 62.4 Å². The molecule has 4 rings (SSSR count). The molecule has 2 aromatic carbocycles. The average Bonchev–Trinajstić information content (AvgIpc) is 2.70. The highest BCUT2D eigenvalue weighted by Gasteiger charge is 2.31. The van der Waals surface area contributed by atoms with Crippen molar-refractivity contribution in [3.63, 3.8) is 0 Å². The molecule has 1 aromatic heterocycles. The lowest BCUT2D eigenvalue weighted by Crippen LogP contribution is -2.37. The second kappa shape index (κ2) is 7.20. The summed E-state index contributed by atoms with van der Waals surface area (Å²) < 4.78 is 46.9. The third-order valence-corrected chi connectivity index (χ3v) is 5.30. The van der Waals surface area contributed by atoms with Gasteiger partial charge in [-0.2, -0.15) is 0 Å². The number of carbonyl (C=O) groups is 1. The predicted octanol–water partition coefficient (Wildman–Crippen LogP) is 3.94. The molecule has 1 unspecified atom stereocenters. The molecule has 5 nitrogen and oxygen atoms in total. The van der Waals surface area contributed by atoms with Crippen molar-refractivity contribution in [1.82, 2.24) is 9.88 Å². The second-order valence-electron chi connectivity index (χ2n) is 6.73. The van der Waals surface area contributed by atoms with E-state index < -0.39 is 35.0 Å². The highest BCUT2D eigenvalue weighted by molar-refractivity contribution is 6.30. The number of benzene rings is 2. The van der Waals surface area contributed by atoms with Crippen molar-refractivity contribution < 1.29 is 22.7 Å². The number of amides is 1. The molecule has 1 aliphatic rings. The van der Waals surface area contributed by atoms with Crippen LogP contribution in [0, 0.1) is 17.5 Å². The molecular formula is C20H14ClF3N2O3. The Bertz CT molecular complexity index is 1210. The van der Waals surface area contributed by atoms with Gasteiger partial charge in [0, 0.05) is 23.9 Å². The zero-order valence-corrected chi connectivity index (χ0v) is 15.8. The van der Waals surface area contributed by atoms with Crippen LogP contribution in [0.4, 0.5) is 13.2 Å². The van der Waals surface area contributed by atoms with E-state index in [1.54, 1.807) is 0 Å². The van der Waals surface area contributed by atoms with Gasteiger partial charge in [-0.25, -0.2) is 13.2 Å². The van der Waals surface area contributed by atoms with Crippen LogP contribution >= 0.6 is 11.6 Å². The number of pyridine rings is 1. The first-order valence-corrected chi connectivity index (χ1v) is 8.99. The van der Waals surface area contributed by atoms with Crippen molar-refractivity contribution in [2.45, 2.75) is 12.6 Å². The fourth-order valence-corrected chi connectivity index (χ4v) is 3.64. The van der Waals surface area contributed by atoms with Gasteiger partial charge < -0.3 is 14.6 Å². The van der Waals surface area contributed by atoms with Gasteiger partial charge in [-0.05, 0) is 35.7 Å². The molecule has 0 aliphatic carbocycles. The van der Waals surface area contributed by atoms with Crippen LogP contribution in [-0.2, 0) is 11.3 Å². The fraction of sp³-hybridized carbons (Fsp3) is 0.200. The number of fused-ring (bicyclic) bond motifs is 3. The highest BCUT2D eigenvalue weighted by Crippen LogP contribution is 2.34. The molecule has 9 heteroatoms. The lowest BCUT2D eigenvalue weighted by molar-refractivity contribution is 0.0335. The molecule has 0 radical (unpaired) electrons. The number of rotatable bonds is 2. The van der Waals surface area contributed by atoms with Crippen molar-refractivity contribution in [3.05, 3.63) is 80.0 Å². The Morgan fingerprint density at radius 3 is 2.52 bits per heavy atom. The summed E-state index contributed by atoms with van der Waals surface area (Å²) in [6.07, 6.45) is 0. The van der Waals surface area contributed by atoms with Gasteiger partial charge in [0.15, 0.2) is 11.6 Å². The highest BCUT2D eigenvalue weighted by atomic mass is 35.5. The van der Waals surface area contributed by atoms with E-state index in [-0.39, 0.29) is 34.6 Å². The monoisotopic (exact) mass is 422 g/mol. The van der Waals surface area contributed by atoms with E-state index in [0.717, 1.165) is 18.2 Å². The number of H-pyrrole nitrogens is 1. The van der Waals surface area contributed by atoms with Crippen LogP contribution in [0.5, 0.6) is 0 Å². The van der Waals surface area contributed by atoms with Gasteiger partial charge in [0.1, 0.15) is 5.82 Å². The molecule has 1 atom stereocenters. The molecule has 0 fully saturated rings. The molecule has 29 heavy (non-hydrogen) atoms. The number of hydrogen-bond acceptors (Lipinski definition) is 3. The molecule has 150 valence electrons. The van der Waals surface area contributed by atoms with Crippen molar-refractivity contribution >= 4 is 28.3 Å². The molecule has 1 N–H and O–H groups in total. The summed E-state index contributed by atoms with van der Waals surface area (Å²) in [7, 11) is 1.48. The van der Waals surface area contributed by atoms with Crippen LogP contribution in [0.15, 0.2) is 35.1 Å². The summed E-state index contributed by atoms with van der Waals surface area (Å²) in [4.78, 5) is 29.1. The zero-order chi connectivity index (χ0) is 20.9. The van der Waals surface area contributed by atoms with Crippen LogP contribution in [-0.4, -0.2) is 29.4 Å². The summed E-state index contributed by atoms with van der Waals surface area (Å²) >= 11 is 5.67. The first-order chi connectivity index (χ1) is 13.8. The van der Waals surface area contributed by atoms with Gasteiger partial charge in [-0.1, -0.05) is 11.6 Å². The van der Waals surface area contributed by atoms with E-state index in [9.17, 15) is 22.8 Å². The van der Waals surface area contributed by atoms with Crippen LogP contribution in [0.25, 0.3) is 10.8 Å². The minimum Gasteiger partial charge on any atom is -0.373 e. The van der Waals surface area contributed by atoms with Gasteiger partial charge in [0.25, 0.3) is 11.5 Å². The number of nitrogens with one attached hydrogen (secondary N) is 1. The summed E-state index contributed by atoms with van der Waals surface area (Å²) in [5.74, 6) is -3.51. The Kier molecular flexibility index (Phi) is 4.84. The lowest BCUT2D eigenvalue weighted by Gasteiger charge is -2.34. The average molecular weight is 423 g/mol. The van der Waals surface area contributed by atoms with Crippen LogP contribution in [0.3, 0.4) is 0 Å². The van der Waals surface area contributed by atoms with E-state index in [0.29, 0.717) is 11.3 Å². The van der Waals surface area contributed by atoms with Crippen molar-refractivity contribution in [2.24, 2.45) is 0 Å². The molecule has 2 heterocycles. The minimum absolute atomic E-state index is 0.0343.